The fourth-order valence-electron chi connectivity index (χ4n) is 3.06. The highest BCUT2D eigenvalue weighted by Gasteiger charge is 2.19. The molecule has 3 aromatic carbocycles. The van der Waals surface area contributed by atoms with E-state index in [9.17, 15) is 23.1 Å². The van der Waals surface area contributed by atoms with Crippen molar-refractivity contribution in [3.05, 3.63) is 78.4 Å². The van der Waals surface area contributed by atoms with Crippen LogP contribution >= 0.6 is 0 Å². The lowest BCUT2D eigenvalue weighted by atomic mass is 10.2. The van der Waals surface area contributed by atoms with Gasteiger partial charge in [-0.05, 0) is 35.9 Å². The molecule has 3 amide bonds. The van der Waals surface area contributed by atoms with Gasteiger partial charge in [0.25, 0.3) is 10.0 Å². The molecule has 0 radical (unpaired) electrons. The molecule has 0 saturated heterocycles. The number of rotatable bonds is 10. The second kappa shape index (κ2) is 11.7. The summed E-state index contributed by atoms with van der Waals surface area (Å²) in [6.45, 7) is 0.386. The topological polar surface area (TPSA) is 146 Å². The van der Waals surface area contributed by atoms with Gasteiger partial charge in [-0.25, -0.2) is 13.2 Å². The Hall–Kier alpha value is -4.25. The molecule has 0 aliphatic rings. The summed E-state index contributed by atoms with van der Waals surface area (Å²) in [5, 5.41) is 17.8. The number of urea groups is 1. The van der Waals surface area contributed by atoms with E-state index in [1.165, 1.54) is 19.2 Å². The number of carbonyl (C=O) groups is 2. The van der Waals surface area contributed by atoms with Crippen molar-refractivity contribution in [2.45, 2.75) is 17.9 Å². The van der Waals surface area contributed by atoms with E-state index in [1.54, 1.807) is 24.3 Å². The van der Waals surface area contributed by atoms with Gasteiger partial charge in [0.15, 0.2) is 0 Å². The quantitative estimate of drug-likeness (QED) is 0.272. The van der Waals surface area contributed by atoms with Crippen LogP contribution in [-0.2, 0) is 21.4 Å². The number of phenolic OH excluding ortho intramolecular Hbond substituents is 1. The summed E-state index contributed by atoms with van der Waals surface area (Å²) in [6.07, 6.45) is -0.0887. The summed E-state index contributed by atoms with van der Waals surface area (Å²) in [4.78, 5) is 24.0. The molecule has 0 fully saturated rings. The van der Waals surface area contributed by atoms with Gasteiger partial charge in [0.2, 0.25) is 5.91 Å². The Labute approximate surface area is 203 Å². The summed E-state index contributed by atoms with van der Waals surface area (Å²) in [5.74, 6) is -0.484. The van der Waals surface area contributed by atoms with E-state index >= 15 is 0 Å². The summed E-state index contributed by atoms with van der Waals surface area (Å²) < 4.78 is 33.2. The molecule has 3 rings (SSSR count). The number of sulfonamides is 1. The maximum Gasteiger partial charge on any atom is 0.315 e. The summed E-state index contributed by atoms with van der Waals surface area (Å²) in [6, 6.07) is 19.0. The Kier molecular flexibility index (Phi) is 8.52. The number of hydrogen-bond acceptors (Lipinski definition) is 6. The van der Waals surface area contributed by atoms with Crippen LogP contribution in [0.2, 0.25) is 0 Å². The molecule has 0 bridgehead atoms. The van der Waals surface area contributed by atoms with Gasteiger partial charge in [0.1, 0.15) is 11.5 Å². The zero-order valence-electron chi connectivity index (χ0n) is 18.9. The van der Waals surface area contributed by atoms with Crippen LogP contribution in [0.5, 0.6) is 11.5 Å². The van der Waals surface area contributed by atoms with Gasteiger partial charge in [-0.1, -0.05) is 42.5 Å². The minimum Gasteiger partial charge on any atom is -0.506 e. The van der Waals surface area contributed by atoms with Crippen molar-refractivity contribution in [2.24, 2.45) is 0 Å². The molecule has 0 aliphatic heterocycles. The van der Waals surface area contributed by atoms with Crippen LogP contribution in [0.1, 0.15) is 12.0 Å². The maximum atomic E-state index is 12.8. The molecule has 10 nitrogen and oxygen atoms in total. The summed E-state index contributed by atoms with van der Waals surface area (Å²) >= 11 is 0. The number of para-hydroxylation sites is 2. The summed E-state index contributed by atoms with van der Waals surface area (Å²) in [7, 11) is -2.62. The lowest BCUT2D eigenvalue weighted by molar-refractivity contribution is -0.116. The second-order valence-electron chi connectivity index (χ2n) is 7.38. The molecule has 5 N–H and O–H groups in total. The number of anilines is 2. The SMILES string of the molecule is COc1ccccc1NS(=O)(=O)c1ccc(O)c(NC(=O)CCNC(=O)NCc2ccccc2)c1. The molecule has 35 heavy (non-hydrogen) atoms. The molecule has 0 heterocycles. The van der Waals surface area contributed by atoms with E-state index in [1.807, 2.05) is 30.3 Å². The number of ether oxygens (including phenoxy) is 1. The van der Waals surface area contributed by atoms with Crippen molar-refractivity contribution in [3.63, 3.8) is 0 Å². The van der Waals surface area contributed by atoms with Crippen molar-refractivity contribution >= 4 is 33.3 Å². The van der Waals surface area contributed by atoms with Crippen molar-refractivity contribution in [2.75, 3.05) is 23.7 Å². The van der Waals surface area contributed by atoms with Crippen molar-refractivity contribution < 1.29 is 27.9 Å². The monoisotopic (exact) mass is 498 g/mol. The van der Waals surface area contributed by atoms with Gasteiger partial charge in [-0.3, -0.25) is 9.52 Å². The first-order valence-electron chi connectivity index (χ1n) is 10.6. The van der Waals surface area contributed by atoms with Crippen LogP contribution in [0.4, 0.5) is 16.2 Å². The van der Waals surface area contributed by atoms with Crippen molar-refractivity contribution in [1.29, 1.82) is 0 Å². The zero-order chi connectivity index (χ0) is 25.3. The second-order valence-corrected chi connectivity index (χ2v) is 9.06. The van der Waals surface area contributed by atoms with Gasteiger partial charge >= 0.3 is 6.03 Å². The van der Waals surface area contributed by atoms with Gasteiger partial charge in [0.05, 0.1) is 23.4 Å². The standard InChI is InChI=1S/C24H26N4O6S/c1-34-22-10-6-5-9-19(22)28-35(32,33)18-11-12-21(29)20(15-18)27-23(30)13-14-25-24(31)26-16-17-7-3-2-4-8-17/h2-12,15,28-29H,13-14,16H2,1H3,(H,27,30)(H2,25,26,31). The van der Waals surface area contributed by atoms with Crippen LogP contribution in [0, 0.1) is 0 Å². The third kappa shape index (κ3) is 7.37. The Morgan fingerprint density at radius 2 is 1.63 bits per heavy atom. The molecule has 0 saturated carbocycles. The number of hydrogen-bond donors (Lipinski definition) is 5. The van der Waals surface area contributed by atoms with E-state index in [-0.39, 0.29) is 35.0 Å². The number of benzene rings is 3. The zero-order valence-corrected chi connectivity index (χ0v) is 19.8. The number of aromatic hydroxyl groups is 1. The third-order valence-electron chi connectivity index (χ3n) is 4.84. The van der Waals surface area contributed by atoms with Crippen LogP contribution in [0.15, 0.2) is 77.7 Å². The largest absolute Gasteiger partial charge is 0.506 e. The average molecular weight is 499 g/mol. The number of amides is 3. The molecule has 3 aromatic rings. The minimum atomic E-state index is -4.04. The van der Waals surface area contributed by atoms with Crippen LogP contribution in [0.3, 0.4) is 0 Å². The van der Waals surface area contributed by atoms with E-state index in [0.717, 1.165) is 11.6 Å². The highest BCUT2D eigenvalue weighted by molar-refractivity contribution is 7.92. The highest BCUT2D eigenvalue weighted by atomic mass is 32.2. The molecular weight excluding hydrogens is 472 g/mol. The molecule has 0 aromatic heterocycles. The molecule has 11 heteroatoms. The molecule has 0 aliphatic carbocycles. The van der Waals surface area contributed by atoms with E-state index < -0.39 is 22.0 Å². The molecule has 0 spiro atoms. The Morgan fingerprint density at radius 3 is 2.37 bits per heavy atom. The smallest absolute Gasteiger partial charge is 0.315 e. The van der Waals surface area contributed by atoms with E-state index in [0.29, 0.717) is 12.3 Å². The number of methoxy groups -OCH3 is 1. The van der Waals surface area contributed by atoms with Crippen molar-refractivity contribution in [3.8, 4) is 11.5 Å². The average Bonchev–Trinajstić information content (AvgIpc) is 2.84. The highest BCUT2D eigenvalue weighted by Crippen LogP contribution is 2.30. The Balaban J connectivity index is 1.55. The lowest BCUT2D eigenvalue weighted by Gasteiger charge is -2.13. The maximum absolute atomic E-state index is 12.8. The van der Waals surface area contributed by atoms with Crippen LogP contribution in [-0.4, -0.2) is 39.1 Å². The van der Waals surface area contributed by atoms with Gasteiger partial charge in [-0.15, -0.1) is 0 Å². The first-order valence-corrected chi connectivity index (χ1v) is 12.1. The van der Waals surface area contributed by atoms with Crippen molar-refractivity contribution in [1.82, 2.24) is 10.6 Å². The summed E-state index contributed by atoms with van der Waals surface area (Å²) in [5.41, 5.74) is 1.10. The normalized spacial score (nSPS) is 10.8. The molecule has 184 valence electrons. The molecule has 0 atom stereocenters. The number of nitrogens with one attached hydrogen (secondary N) is 4. The first-order chi connectivity index (χ1) is 16.8. The minimum absolute atomic E-state index is 0.0422. The number of carbonyl (C=O) groups excluding carboxylic acids is 2. The molecule has 0 unspecified atom stereocenters. The lowest BCUT2D eigenvalue weighted by Crippen LogP contribution is -2.36. The fourth-order valence-corrected chi connectivity index (χ4v) is 4.15. The fraction of sp³-hybridized carbons (Fsp3) is 0.167. The Bertz CT molecular complexity index is 1280. The predicted molar refractivity (Wildman–Crippen MR) is 132 cm³/mol. The van der Waals surface area contributed by atoms with Crippen LogP contribution < -0.4 is 25.4 Å². The number of phenols is 1. The first kappa shape index (κ1) is 25.4. The molecular formula is C24H26N4O6S. The Morgan fingerprint density at radius 1 is 0.914 bits per heavy atom. The van der Waals surface area contributed by atoms with Crippen LogP contribution in [0.25, 0.3) is 0 Å². The van der Waals surface area contributed by atoms with E-state index in [4.69, 9.17) is 4.74 Å². The van der Waals surface area contributed by atoms with Gasteiger partial charge in [0, 0.05) is 19.5 Å². The van der Waals surface area contributed by atoms with E-state index in [2.05, 4.69) is 20.7 Å². The van der Waals surface area contributed by atoms with Gasteiger partial charge < -0.3 is 25.8 Å². The van der Waals surface area contributed by atoms with Gasteiger partial charge in [-0.2, -0.15) is 0 Å². The third-order valence-corrected chi connectivity index (χ3v) is 6.20. The predicted octanol–water partition coefficient (Wildman–Crippen LogP) is 3.03.